The summed E-state index contributed by atoms with van der Waals surface area (Å²) in [6.07, 6.45) is 3.42. The van der Waals surface area contributed by atoms with Crippen molar-refractivity contribution < 1.29 is 14.1 Å². The number of nitro groups is 1. The standard InChI is InChI=1S/C16H11FN4O3/c17-15-10-13(21(23)24)6-7-14(15)16(22)19-11-2-4-12(5-3-11)20-9-1-8-18-20/h1-10H,(H,19,22). The molecule has 0 radical (unpaired) electrons. The maximum absolute atomic E-state index is 13.8. The summed E-state index contributed by atoms with van der Waals surface area (Å²) < 4.78 is 15.5. The van der Waals surface area contributed by atoms with Gasteiger partial charge in [-0.25, -0.2) is 9.07 Å². The number of rotatable bonds is 4. The molecule has 1 heterocycles. The minimum absolute atomic E-state index is 0.267. The van der Waals surface area contributed by atoms with Crippen molar-refractivity contribution >= 4 is 17.3 Å². The molecule has 0 saturated heterocycles. The number of nitro benzene ring substituents is 1. The lowest BCUT2D eigenvalue weighted by Gasteiger charge is -2.07. The molecule has 3 aromatic rings. The SMILES string of the molecule is O=C(Nc1ccc(-n2cccn2)cc1)c1ccc([N+](=O)[O-])cc1F. The topological polar surface area (TPSA) is 90.1 Å². The van der Waals surface area contributed by atoms with Crippen LogP contribution in [-0.4, -0.2) is 20.6 Å². The lowest BCUT2D eigenvalue weighted by atomic mass is 10.1. The van der Waals surface area contributed by atoms with E-state index < -0.39 is 22.3 Å². The number of nitrogens with one attached hydrogen (secondary N) is 1. The van der Waals surface area contributed by atoms with Gasteiger partial charge in [0.1, 0.15) is 5.82 Å². The van der Waals surface area contributed by atoms with E-state index in [0.717, 1.165) is 23.9 Å². The van der Waals surface area contributed by atoms with Gasteiger partial charge in [0.15, 0.2) is 0 Å². The van der Waals surface area contributed by atoms with Crippen LogP contribution in [0.4, 0.5) is 15.8 Å². The Kier molecular flexibility index (Phi) is 4.02. The van der Waals surface area contributed by atoms with E-state index >= 15 is 0 Å². The highest BCUT2D eigenvalue weighted by Crippen LogP contribution is 2.19. The van der Waals surface area contributed by atoms with E-state index in [0.29, 0.717) is 5.69 Å². The zero-order chi connectivity index (χ0) is 17.1. The molecule has 0 aliphatic heterocycles. The molecule has 1 amide bonds. The number of benzene rings is 2. The fourth-order valence-electron chi connectivity index (χ4n) is 2.12. The molecule has 0 bridgehead atoms. The van der Waals surface area contributed by atoms with Gasteiger partial charge in [-0.3, -0.25) is 14.9 Å². The summed E-state index contributed by atoms with van der Waals surface area (Å²) in [7, 11) is 0. The van der Waals surface area contributed by atoms with E-state index in [1.165, 1.54) is 0 Å². The fraction of sp³-hybridized carbons (Fsp3) is 0. The Morgan fingerprint density at radius 1 is 1.21 bits per heavy atom. The highest BCUT2D eigenvalue weighted by Gasteiger charge is 2.16. The lowest BCUT2D eigenvalue weighted by molar-refractivity contribution is -0.385. The first-order valence-electron chi connectivity index (χ1n) is 6.90. The average Bonchev–Trinajstić information content (AvgIpc) is 3.09. The monoisotopic (exact) mass is 326 g/mol. The number of carbonyl (C=O) groups is 1. The second-order valence-electron chi connectivity index (χ2n) is 4.87. The smallest absolute Gasteiger partial charge is 0.272 e. The van der Waals surface area contributed by atoms with Crippen molar-refractivity contribution in [3.8, 4) is 5.69 Å². The molecule has 7 nitrogen and oxygen atoms in total. The van der Waals surface area contributed by atoms with Gasteiger partial charge in [0, 0.05) is 24.1 Å². The summed E-state index contributed by atoms with van der Waals surface area (Å²) in [6.45, 7) is 0. The molecular formula is C16H11FN4O3. The first kappa shape index (κ1) is 15.3. The minimum Gasteiger partial charge on any atom is -0.322 e. The van der Waals surface area contributed by atoms with Crippen LogP contribution in [0.15, 0.2) is 60.9 Å². The second kappa shape index (κ2) is 6.29. The number of halogens is 1. The number of anilines is 1. The Hall–Kier alpha value is -3.55. The fourth-order valence-corrected chi connectivity index (χ4v) is 2.12. The molecule has 120 valence electrons. The van der Waals surface area contributed by atoms with Crippen LogP contribution in [0.3, 0.4) is 0 Å². The zero-order valence-corrected chi connectivity index (χ0v) is 12.2. The Bertz CT molecular complexity index is 892. The van der Waals surface area contributed by atoms with Crippen molar-refractivity contribution in [1.82, 2.24) is 9.78 Å². The van der Waals surface area contributed by atoms with Crippen LogP contribution >= 0.6 is 0 Å². The van der Waals surface area contributed by atoms with Gasteiger partial charge in [-0.15, -0.1) is 0 Å². The van der Waals surface area contributed by atoms with E-state index in [1.54, 1.807) is 47.4 Å². The Labute approximate surface area is 135 Å². The molecule has 0 atom stereocenters. The van der Waals surface area contributed by atoms with Gasteiger partial charge in [0.05, 0.1) is 22.2 Å². The summed E-state index contributed by atoms with van der Waals surface area (Å²) in [5.74, 6) is -1.64. The van der Waals surface area contributed by atoms with Crippen LogP contribution in [0.25, 0.3) is 5.69 Å². The summed E-state index contributed by atoms with van der Waals surface area (Å²) in [5.41, 5.74) is 0.595. The van der Waals surface area contributed by atoms with Crippen LogP contribution in [0.1, 0.15) is 10.4 Å². The maximum Gasteiger partial charge on any atom is 0.272 e. The van der Waals surface area contributed by atoms with E-state index in [1.807, 2.05) is 0 Å². The van der Waals surface area contributed by atoms with Gasteiger partial charge in [0.2, 0.25) is 0 Å². The third-order valence-electron chi connectivity index (χ3n) is 3.30. The second-order valence-corrected chi connectivity index (χ2v) is 4.87. The van der Waals surface area contributed by atoms with Crippen molar-refractivity contribution in [2.24, 2.45) is 0 Å². The van der Waals surface area contributed by atoms with Crippen LogP contribution in [0.5, 0.6) is 0 Å². The molecule has 0 unspecified atom stereocenters. The van der Waals surface area contributed by atoms with Crippen LogP contribution in [0, 0.1) is 15.9 Å². The summed E-state index contributed by atoms with van der Waals surface area (Å²) in [6, 6.07) is 11.5. The van der Waals surface area contributed by atoms with Gasteiger partial charge in [0.25, 0.3) is 11.6 Å². The molecule has 2 aromatic carbocycles. The van der Waals surface area contributed by atoms with Crippen molar-refractivity contribution in [1.29, 1.82) is 0 Å². The number of carbonyl (C=O) groups excluding carboxylic acids is 1. The molecule has 0 spiro atoms. The third-order valence-corrected chi connectivity index (χ3v) is 3.30. The first-order chi connectivity index (χ1) is 11.5. The molecule has 8 heteroatoms. The Balaban J connectivity index is 1.76. The molecule has 1 N–H and O–H groups in total. The van der Waals surface area contributed by atoms with Crippen molar-refractivity contribution in [3.05, 3.63) is 82.4 Å². The van der Waals surface area contributed by atoms with Gasteiger partial charge in [-0.05, 0) is 36.4 Å². The number of aromatic nitrogens is 2. The van der Waals surface area contributed by atoms with Gasteiger partial charge >= 0.3 is 0 Å². The van der Waals surface area contributed by atoms with E-state index in [4.69, 9.17) is 0 Å². The number of nitrogens with zero attached hydrogens (tertiary/aromatic N) is 3. The highest BCUT2D eigenvalue weighted by atomic mass is 19.1. The van der Waals surface area contributed by atoms with Crippen LogP contribution in [0.2, 0.25) is 0 Å². The number of amides is 1. The Morgan fingerprint density at radius 2 is 1.96 bits per heavy atom. The summed E-state index contributed by atoms with van der Waals surface area (Å²) in [4.78, 5) is 22.0. The Morgan fingerprint density at radius 3 is 2.54 bits per heavy atom. The first-order valence-corrected chi connectivity index (χ1v) is 6.90. The molecular weight excluding hydrogens is 315 g/mol. The van der Waals surface area contributed by atoms with Crippen LogP contribution in [-0.2, 0) is 0 Å². The number of hydrogen-bond acceptors (Lipinski definition) is 4. The molecule has 24 heavy (non-hydrogen) atoms. The number of non-ortho nitro benzene ring substituents is 1. The normalized spacial score (nSPS) is 10.4. The van der Waals surface area contributed by atoms with Crippen molar-refractivity contribution in [2.45, 2.75) is 0 Å². The zero-order valence-electron chi connectivity index (χ0n) is 12.2. The van der Waals surface area contributed by atoms with Gasteiger partial charge < -0.3 is 5.32 Å². The largest absolute Gasteiger partial charge is 0.322 e. The average molecular weight is 326 g/mol. The van der Waals surface area contributed by atoms with Crippen molar-refractivity contribution in [2.75, 3.05) is 5.32 Å². The highest BCUT2D eigenvalue weighted by molar-refractivity contribution is 6.04. The molecule has 0 aliphatic rings. The van der Waals surface area contributed by atoms with E-state index in [2.05, 4.69) is 10.4 Å². The predicted molar refractivity (Wildman–Crippen MR) is 84.6 cm³/mol. The summed E-state index contributed by atoms with van der Waals surface area (Å²) in [5, 5.41) is 17.2. The summed E-state index contributed by atoms with van der Waals surface area (Å²) >= 11 is 0. The van der Waals surface area contributed by atoms with Gasteiger partial charge in [-0.1, -0.05) is 0 Å². The lowest BCUT2D eigenvalue weighted by Crippen LogP contribution is -2.14. The molecule has 0 aliphatic carbocycles. The van der Waals surface area contributed by atoms with Crippen molar-refractivity contribution in [3.63, 3.8) is 0 Å². The maximum atomic E-state index is 13.8. The third kappa shape index (κ3) is 3.12. The molecule has 1 aromatic heterocycles. The molecule has 3 rings (SSSR count). The van der Waals surface area contributed by atoms with E-state index in [9.17, 15) is 19.3 Å². The number of hydrogen-bond donors (Lipinski definition) is 1. The quantitative estimate of drug-likeness (QED) is 0.589. The predicted octanol–water partition coefficient (Wildman–Crippen LogP) is 3.17. The van der Waals surface area contributed by atoms with E-state index in [-0.39, 0.29) is 5.56 Å². The van der Waals surface area contributed by atoms with Gasteiger partial charge in [-0.2, -0.15) is 5.10 Å². The minimum atomic E-state index is -0.949. The molecule has 0 fully saturated rings. The van der Waals surface area contributed by atoms with Crippen LogP contribution < -0.4 is 5.32 Å². The molecule has 0 saturated carbocycles.